The van der Waals surface area contributed by atoms with Crippen LogP contribution in [0.15, 0.2) is 0 Å². The average Bonchev–Trinajstić information content (AvgIpc) is 2.65. The summed E-state index contributed by atoms with van der Waals surface area (Å²) in [6.45, 7) is 7.20. The van der Waals surface area contributed by atoms with Gasteiger partial charge in [0.15, 0.2) is 0 Å². The fourth-order valence-electron chi connectivity index (χ4n) is 3.47. The molecular formula is C16H31N5. The Labute approximate surface area is 129 Å². The normalized spacial score (nSPS) is 17.1. The van der Waals surface area contributed by atoms with E-state index in [4.69, 9.17) is 0 Å². The first kappa shape index (κ1) is 16.3. The van der Waals surface area contributed by atoms with Crippen molar-refractivity contribution in [2.24, 2.45) is 7.05 Å². The number of hydrogen-bond donors (Lipinski definition) is 1. The molecule has 0 bridgehead atoms. The van der Waals surface area contributed by atoms with Crippen LogP contribution in [0.4, 0.5) is 5.82 Å². The first-order chi connectivity index (χ1) is 9.91. The van der Waals surface area contributed by atoms with Gasteiger partial charge in [0.05, 0.1) is 5.69 Å². The topological polar surface area (TPSA) is 36.3 Å². The van der Waals surface area contributed by atoms with E-state index in [2.05, 4.69) is 62.3 Å². The Balaban J connectivity index is 2.20. The molecule has 0 spiro atoms. The summed E-state index contributed by atoms with van der Waals surface area (Å²) >= 11 is 0. The van der Waals surface area contributed by atoms with Gasteiger partial charge in [0.1, 0.15) is 5.82 Å². The Morgan fingerprint density at radius 1 is 1.29 bits per heavy atom. The minimum absolute atomic E-state index is 0.336. The predicted molar refractivity (Wildman–Crippen MR) is 88.9 cm³/mol. The number of hydrogen-bond acceptors (Lipinski definition) is 4. The third-order valence-electron chi connectivity index (χ3n) is 4.99. The van der Waals surface area contributed by atoms with Gasteiger partial charge in [0, 0.05) is 38.3 Å². The van der Waals surface area contributed by atoms with E-state index in [-0.39, 0.29) is 0 Å². The second-order valence-electron chi connectivity index (χ2n) is 6.62. The first-order valence-corrected chi connectivity index (χ1v) is 8.03. The largest absolute Gasteiger partial charge is 0.358 e. The van der Waals surface area contributed by atoms with Crippen LogP contribution >= 0.6 is 0 Å². The molecule has 0 atom stereocenters. The molecule has 0 unspecified atom stereocenters. The van der Waals surface area contributed by atoms with Gasteiger partial charge >= 0.3 is 0 Å². The zero-order chi connectivity index (χ0) is 15.6. The Morgan fingerprint density at radius 2 is 1.95 bits per heavy atom. The molecule has 1 saturated carbocycles. The highest BCUT2D eigenvalue weighted by atomic mass is 15.4. The van der Waals surface area contributed by atoms with Gasteiger partial charge in [-0.2, -0.15) is 5.10 Å². The van der Waals surface area contributed by atoms with Crippen LogP contribution in [-0.4, -0.2) is 54.5 Å². The molecule has 120 valence electrons. The van der Waals surface area contributed by atoms with E-state index >= 15 is 0 Å². The first-order valence-electron chi connectivity index (χ1n) is 8.03. The second kappa shape index (κ2) is 6.36. The van der Waals surface area contributed by atoms with Crippen molar-refractivity contribution in [2.45, 2.75) is 45.2 Å². The maximum absolute atomic E-state index is 4.63. The number of rotatable bonds is 7. The zero-order valence-corrected chi connectivity index (χ0v) is 14.5. The summed E-state index contributed by atoms with van der Waals surface area (Å²) in [5, 5.41) is 8.06. The molecule has 1 fully saturated rings. The van der Waals surface area contributed by atoms with Crippen LogP contribution in [0.1, 0.15) is 37.4 Å². The maximum Gasteiger partial charge on any atom is 0.131 e. The fourth-order valence-corrected chi connectivity index (χ4v) is 3.47. The van der Waals surface area contributed by atoms with Crippen LogP contribution in [0.5, 0.6) is 0 Å². The Kier molecular flexibility index (Phi) is 4.94. The van der Waals surface area contributed by atoms with Gasteiger partial charge in [-0.15, -0.1) is 0 Å². The highest BCUT2D eigenvalue weighted by molar-refractivity contribution is 5.50. The standard InChI is InChI=1S/C16H31N5/c1-7-17-11-14-13(2)18-21(6)15(14)20(5)12-16(19(3)4)9-8-10-16/h17H,7-12H2,1-6H3. The lowest BCUT2D eigenvalue weighted by atomic mass is 9.75. The lowest BCUT2D eigenvalue weighted by molar-refractivity contribution is 0.0680. The second-order valence-corrected chi connectivity index (χ2v) is 6.62. The van der Waals surface area contributed by atoms with Crippen LogP contribution in [0.25, 0.3) is 0 Å². The van der Waals surface area contributed by atoms with Crippen molar-refractivity contribution in [3.8, 4) is 0 Å². The van der Waals surface area contributed by atoms with Gasteiger partial charge in [-0.3, -0.25) is 4.68 Å². The number of nitrogens with zero attached hydrogens (tertiary/aromatic N) is 4. The molecule has 1 aliphatic rings. The minimum atomic E-state index is 0.336. The van der Waals surface area contributed by atoms with Gasteiger partial charge in [-0.1, -0.05) is 6.92 Å². The summed E-state index contributed by atoms with van der Waals surface area (Å²) in [4.78, 5) is 4.80. The van der Waals surface area contributed by atoms with Gasteiger partial charge in [0.25, 0.3) is 0 Å². The van der Waals surface area contributed by atoms with E-state index in [0.717, 1.165) is 25.3 Å². The molecule has 0 aliphatic heterocycles. The quantitative estimate of drug-likeness (QED) is 0.831. The average molecular weight is 293 g/mol. The highest BCUT2D eigenvalue weighted by Crippen LogP contribution is 2.38. The Hall–Kier alpha value is -1.07. The number of likely N-dealkylation sites (N-methyl/N-ethyl adjacent to an activating group) is 2. The molecule has 0 radical (unpaired) electrons. The van der Waals surface area contributed by atoms with Crippen LogP contribution in [-0.2, 0) is 13.6 Å². The van der Waals surface area contributed by atoms with E-state index in [1.807, 2.05) is 4.68 Å². The van der Waals surface area contributed by atoms with Gasteiger partial charge in [-0.05, 0) is 46.8 Å². The molecule has 21 heavy (non-hydrogen) atoms. The molecule has 0 aromatic carbocycles. The number of aromatic nitrogens is 2. The number of aryl methyl sites for hydroxylation is 2. The van der Waals surface area contributed by atoms with Crippen LogP contribution in [0.3, 0.4) is 0 Å². The molecule has 0 amide bonds. The van der Waals surface area contributed by atoms with Crippen molar-refractivity contribution in [2.75, 3.05) is 39.1 Å². The smallest absolute Gasteiger partial charge is 0.131 e. The molecule has 1 N–H and O–H groups in total. The van der Waals surface area contributed by atoms with Gasteiger partial charge < -0.3 is 15.1 Å². The Bertz CT molecular complexity index is 473. The van der Waals surface area contributed by atoms with Crippen molar-refractivity contribution in [1.29, 1.82) is 0 Å². The summed E-state index contributed by atoms with van der Waals surface area (Å²) in [6, 6.07) is 0. The third-order valence-corrected chi connectivity index (χ3v) is 4.99. The molecule has 2 rings (SSSR count). The molecule has 1 aromatic rings. The highest BCUT2D eigenvalue weighted by Gasteiger charge is 2.40. The lowest BCUT2D eigenvalue weighted by Crippen LogP contribution is -2.57. The molecule has 1 aliphatic carbocycles. The predicted octanol–water partition coefficient (Wildman–Crippen LogP) is 1.76. The molecule has 1 heterocycles. The van der Waals surface area contributed by atoms with E-state index < -0.39 is 0 Å². The van der Waals surface area contributed by atoms with Crippen molar-refractivity contribution in [1.82, 2.24) is 20.0 Å². The third kappa shape index (κ3) is 3.09. The van der Waals surface area contributed by atoms with Gasteiger partial charge in [-0.25, -0.2) is 0 Å². The fraction of sp³-hybridized carbons (Fsp3) is 0.812. The zero-order valence-electron chi connectivity index (χ0n) is 14.5. The molecule has 5 heteroatoms. The van der Waals surface area contributed by atoms with Crippen molar-refractivity contribution < 1.29 is 0 Å². The van der Waals surface area contributed by atoms with Crippen LogP contribution in [0, 0.1) is 6.92 Å². The Morgan fingerprint density at radius 3 is 2.43 bits per heavy atom. The van der Waals surface area contributed by atoms with E-state index in [1.165, 1.54) is 30.6 Å². The summed E-state index contributed by atoms with van der Waals surface area (Å²) in [5.74, 6) is 1.25. The van der Waals surface area contributed by atoms with E-state index in [1.54, 1.807) is 0 Å². The SMILES string of the molecule is CCNCc1c(C)nn(C)c1N(C)CC1(N(C)C)CCC1. The van der Waals surface area contributed by atoms with Crippen LogP contribution in [0.2, 0.25) is 0 Å². The minimum Gasteiger partial charge on any atom is -0.358 e. The molecule has 0 saturated heterocycles. The van der Waals surface area contributed by atoms with E-state index in [9.17, 15) is 0 Å². The molecule has 5 nitrogen and oxygen atoms in total. The van der Waals surface area contributed by atoms with E-state index in [0.29, 0.717) is 5.54 Å². The summed E-state index contributed by atoms with van der Waals surface area (Å²) < 4.78 is 2.03. The van der Waals surface area contributed by atoms with Crippen molar-refractivity contribution >= 4 is 5.82 Å². The summed E-state index contributed by atoms with van der Waals surface area (Å²) in [6.07, 6.45) is 3.94. The number of anilines is 1. The lowest BCUT2D eigenvalue weighted by Gasteiger charge is -2.49. The summed E-state index contributed by atoms with van der Waals surface area (Å²) in [5.41, 5.74) is 2.80. The molecule has 1 aromatic heterocycles. The maximum atomic E-state index is 4.63. The van der Waals surface area contributed by atoms with Crippen molar-refractivity contribution in [3.05, 3.63) is 11.3 Å². The number of nitrogens with one attached hydrogen (secondary N) is 1. The summed E-state index contributed by atoms with van der Waals surface area (Å²) in [7, 11) is 8.68. The monoisotopic (exact) mass is 293 g/mol. The van der Waals surface area contributed by atoms with Crippen LogP contribution < -0.4 is 10.2 Å². The molecular weight excluding hydrogens is 262 g/mol. The van der Waals surface area contributed by atoms with Gasteiger partial charge in [0.2, 0.25) is 0 Å². The van der Waals surface area contributed by atoms with Crippen molar-refractivity contribution in [3.63, 3.8) is 0 Å².